The van der Waals surface area contributed by atoms with E-state index in [0.717, 1.165) is 11.3 Å². The molecule has 0 spiro atoms. The van der Waals surface area contributed by atoms with Crippen LogP contribution in [0.1, 0.15) is 23.0 Å². The molecule has 0 unspecified atom stereocenters. The molecule has 0 bridgehead atoms. The van der Waals surface area contributed by atoms with E-state index in [-0.39, 0.29) is 22.6 Å². The van der Waals surface area contributed by atoms with Gasteiger partial charge in [-0.05, 0) is 6.07 Å². The summed E-state index contributed by atoms with van der Waals surface area (Å²) in [6.45, 7) is 0.523. The van der Waals surface area contributed by atoms with Crippen LogP contribution in [-0.4, -0.2) is 34.4 Å². The summed E-state index contributed by atoms with van der Waals surface area (Å²) in [4.78, 5) is 41.7. The first-order valence-electron chi connectivity index (χ1n) is 6.99. The summed E-state index contributed by atoms with van der Waals surface area (Å²) in [6.07, 6.45) is -4.12. The van der Waals surface area contributed by atoms with Gasteiger partial charge in [0.1, 0.15) is 0 Å². The molecule has 0 aromatic carbocycles. The lowest BCUT2D eigenvalue weighted by atomic mass is 10.3. The van der Waals surface area contributed by atoms with E-state index in [1.807, 2.05) is 0 Å². The number of anilines is 2. The van der Waals surface area contributed by atoms with Crippen molar-refractivity contribution < 1.29 is 32.3 Å². The largest absolute Gasteiger partial charge is 0.451 e. The van der Waals surface area contributed by atoms with Crippen LogP contribution in [0.3, 0.4) is 0 Å². The number of carbonyl (C=O) groups excluding carboxylic acids is 3. The van der Waals surface area contributed by atoms with Gasteiger partial charge in [0, 0.05) is 18.5 Å². The number of nitrogens with one attached hydrogen (secondary N) is 2. The van der Waals surface area contributed by atoms with Crippen molar-refractivity contribution in [2.75, 3.05) is 17.2 Å². The van der Waals surface area contributed by atoms with Crippen molar-refractivity contribution in [3.05, 3.63) is 33.9 Å². The maximum Gasteiger partial charge on any atom is 0.417 e. The molecule has 27 heavy (non-hydrogen) atoms. The Bertz CT molecular complexity index is 887. The molecule has 0 atom stereocenters. The second kappa shape index (κ2) is 8.31. The summed E-state index contributed by atoms with van der Waals surface area (Å²) in [7, 11) is 0. The minimum absolute atomic E-state index is 0.123. The maximum atomic E-state index is 12.5. The Morgan fingerprint density at radius 2 is 2.00 bits per heavy atom. The smallest absolute Gasteiger partial charge is 0.417 e. The van der Waals surface area contributed by atoms with Crippen LogP contribution in [0.15, 0.2) is 17.6 Å². The van der Waals surface area contributed by atoms with Gasteiger partial charge in [0.2, 0.25) is 5.91 Å². The van der Waals surface area contributed by atoms with Gasteiger partial charge in [0.25, 0.3) is 5.91 Å². The highest BCUT2D eigenvalue weighted by atomic mass is 35.5. The monoisotopic (exact) mass is 422 g/mol. The van der Waals surface area contributed by atoms with Crippen LogP contribution in [0.4, 0.5) is 24.1 Å². The van der Waals surface area contributed by atoms with E-state index >= 15 is 0 Å². The fraction of sp³-hybridized carbons (Fsp3) is 0.214. The van der Waals surface area contributed by atoms with E-state index < -0.39 is 35.2 Å². The molecule has 0 saturated heterocycles. The molecule has 13 heteroatoms. The number of rotatable bonds is 5. The maximum absolute atomic E-state index is 12.5. The van der Waals surface area contributed by atoms with E-state index in [0.29, 0.717) is 12.3 Å². The lowest BCUT2D eigenvalue weighted by Crippen LogP contribution is -2.22. The van der Waals surface area contributed by atoms with Crippen LogP contribution < -0.4 is 10.6 Å². The first-order valence-corrected chi connectivity index (χ1v) is 8.25. The van der Waals surface area contributed by atoms with Gasteiger partial charge in [0.15, 0.2) is 23.3 Å². The molecule has 2 heterocycles. The summed E-state index contributed by atoms with van der Waals surface area (Å²) < 4.78 is 42.3. The van der Waals surface area contributed by atoms with Crippen LogP contribution in [-0.2, 0) is 20.5 Å². The average Bonchev–Trinajstić information content (AvgIpc) is 3.01. The Hall–Kier alpha value is -2.73. The first kappa shape index (κ1) is 20.6. The zero-order chi connectivity index (χ0) is 20.2. The minimum Gasteiger partial charge on any atom is -0.451 e. The number of carbonyl (C=O) groups is 3. The highest BCUT2D eigenvalue weighted by Crippen LogP contribution is 2.32. The van der Waals surface area contributed by atoms with E-state index in [4.69, 9.17) is 16.3 Å². The van der Waals surface area contributed by atoms with Crippen molar-refractivity contribution >= 4 is 51.7 Å². The third-order valence-corrected chi connectivity index (χ3v) is 3.80. The summed E-state index contributed by atoms with van der Waals surface area (Å²) in [5, 5.41) is 5.58. The number of thiazole rings is 1. The number of hydrogen-bond acceptors (Lipinski definition) is 7. The number of alkyl halides is 3. The third-order valence-electron chi connectivity index (χ3n) is 2.76. The molecule has 0 aliphatic carbocycles. The molecule has 2 amide bonds. The van der Waals surface area contributed by atoms with Crippen LogP contribution >= 0.6 is 22.9 Å². The molecular weight excluding hydrogens is 413 g/mol. The lowest BCUT2D eigenvalue weighted by molar-refractivity contribution is -0.137. The SMILES string of the molecule is CC(=O)Nc1nc(C(=O)OCC(=O)Nc2ncc(C(F)(F)F)cc2Cl)cs1. The van der Waals surface area contributed by atoms with E-state index in [1.165, 1.54) is 12.3 Å². The second-order valence-electron chi connectivity index (χ2n) is 4.90. The van der Waals surface area contributed by atoms with Gasteiger partial charge < -0.3 is 15.4 Å². The molecule has 2 N–H and O–H groups in total. The Balaban J connectivity index is 1.91. The van der Waals surface area contributed by atoms with E-state index in [9.17, 15) is 27.6 Å². The fourth-order valence-electron chi connectivity index (χ4n) is 1.63. The van der Waals surface area contributed by atoms with Crippen molar-refractivity contribution in [2.45, 2.75) is 13.1 Å². The highest BCUT2D eigenvalue weighted by Gasteiger charge is 2.31. The average molecular weight is 423 g/mol. The molecule has 0 saturated carbocycles. The van der Waals surface area contributed by atoms with Crippen molar-refractivity contribution in [1.29, 1.82) is 0 Å². The number of hydrogen-bond donors (Lipinski definition) is 2. The number of nitrogens with zero attached hydrogens (tertiary/aromatic N) is 2. The molecule has 2 rings (SSSR count). The van der Waals surface area contributed by atoms with Crippen molar-refractivity contribution in [2.24, 2.45) is 0 Å². The number of pyridine rings is 1. The molecular formula is C14H10ClF3N4O4S. The summed E-state index contributed by atoms with van der Waals surface area (Å²) in [6, 6.07) is 0.606. The number of amides is 2. The van der Waals surface area contributed by atoms with E-state index in [2.05, 4.69) is 20.6 Å². The van der Waals surface area contributed by atoms with Gasteiger partial charge in [-0.3, -0.25) is 9.59 Å². The molecule has 0 fully saturated rings. The highest BCUT2D eigenvalue weighted by molar-refractivity contribution is 7.14. The number of halogens is 4. The molecule has 2 aromatic heterocycles. The van der Waals surface area contributed by atoms with Gasteiger partial charge in [-0.15, -0.1) is 11.3 Å². The Morgan fingerprint density at radius 1 is 1.30 bits per heavy atom. The van der Waals surface area contributed by atoms with Crippen molar-refractivity contribution in [3.63, 3.8) is 0 Å². The Kier molecular flexibility index (Phi) is 6.33. The quantitative estimate of drug-likeness (QED) is 0.717. The van der Waals surface area contributed by atoms with Crippen LogP contribution in [0.2, 0.25) is 5.02 Å². The molecule has 0 radical (unpaired) electrons. The first-order chi connectivity index (χ1) is 12.6. The zero-order valence-corrected chi connectivity index (χ0v) is 15.0. The predicted molar refractivity (Wildman–Crippen MR) is 89.6 cm³/mol. The molecule has 0 aliphatic rings. The topological polar surface area (TPSA) is 110 Å². The zero-order valence-electron chi connectivity index (χ0n) is 13.4. The fourth-order valence-corrected chi connectivity index (χ4v) is 2.57. The number of aromatic nitrogens is 2. The van der Waals surface area contributed by atoms with Crippen LogP contribution in [0.25, 0.3) is 0 Å². The summed E-state index contributed by atoms with van der Waals surface area (Å²) >= 11 is 6.64. The predicted octanol–water partition coefficient (Wildman–Crippen LogP) is 2.96. The number of esters is 1. The van der Waals surface area contributed by atoms with Gasteiger partial charge in [-0.2, -0.15) is 13.2 Å². The van der Waals surface area contributed by atoms with Crippen LogP contribution in [0.5, 0.6) is 0 Å². The molecule has 144 valence electrons. The van der Waals surface area contributed by atoms with E-state index in [1.54, 1.807) is 0 Å². The number of ether oxygens (including phenoxy) is 1. The summed E-state index contributed by atoms with van der Waals surface area (Å²) in [5.41, 5.74) is -1.20. The van der Waals surface area contributed by atoms with Crippen molar-refractivity contribution in [3.8, 4) is 0 Å². The second-order valence-corrected chi connectivity index (χ2v) is 6.16. The van der Waals surface area contributed by atoms with Gasteiger partial charge >= 0.3 is 12.1 Å². The molecule has 8 nitrogen and oxygen atoms in total. The van der Waals surface area contributed by atoms with Gasteiger partial charge in [-0.25, -0.2) is 14.8 Å². The van der Waals surface area contributed by atoms with Crippen molar-refractivity contribution in [1.82, 2.24) is 9.97 Å². The van der Waals surface area contributed by atoms with Gasteiger partial charge in [0.05, 0.1) is 10.6 Å². The summed E-state index contributed by atoms with van der Waals surface area (Å²) in [5.74, 6) is -2.48. The standard InChI is InChI=1S/C14H10ClF3N4O4S/c1-6(23)20-13-21-9(5-27-13)12(25)26-4-10(24)22-11-8(15)2-7(3-19-11)14(16,17)18/h2-3,5H,4H2,1H3,(H,19,22,24)(H,20,21,23). The Labute approximate surface area is 158 Å². The molecule has 0 aliphatic heterocycles. The lowest BCUT2D eigenvalue weighted by Gasteiger charge is -2.10. The van der Waals surface area contributed by atoms with Gasteiger partial charge in [-0.1, -0.05) is 11.6 Å². The third kappa shape index (κ3) is 5.89. The van der Waals surface area contributed by atoms with Crippen LogP contribution in [0, 0.1) is 0 Å². The normalized spacial score (nSPS) is 11.0. The Morgan fingerprint density at radius 3 is 2.59 bits per heavy atom. The molecule has 2 aromatic rings. The minimum atomic E-state index is -4.63.